The molecule has 1 aliphatic rings. The first-order valence-corrected chi connectivity index (χ1v) is 8.15. The Labute approximate surface area is 145 Å². The standard InChI is InChI=1S/C17H22N4O4/c1-3-4-10-17(12-8-6-5-7-9-12)14(23)21(16(25)20-17)11-13(22)19-15(24)18-2/h5-9H,3-4,10-11H2,1-2H3,(H,20,25)(H2,18,19,22,24). The number of hydrogen-bond donors (Lipinski definition) is 3. The molecule has 1 heterocycles. The number of carbonyl (C=O) groups excluding carboxylic acids is 4. The van der Waals surface area contributed by atoms with Gasteiger partial charge in [0.05, 0.1) is 0 Å². The first-order chi connectivity index (χ1) is 11.9. The van der Waals surface area contributed by atoms with Gasteiger partial charge in [0.1, 0.15) is 12.1 Å². The molecule has 0 bridgehead atoms. The summed E-state index contributed by atoms with van der Waals surface area (Å²) in [7, 11) is 1.36. The number of urea groups is 2. The molecular weight excluding hydrogens is 324 g/mol. The molecule has 0 radical (unpaired) electrons. The maximum Gasteiger partial charge on any atom is 0.325 e. The molecule has 0 aliphatic carbocycles. The van der Waals surface area contributed by atoms with Gasteiger partial charge in [0.25, 0.3) is 5.91 Å². The highest BCUT2D eigenvalue weighted by atomic mass is 16.2. The van der Waals surface area contributed by atoms with Crippen LogP contribution in [0.3, 0.4) is 0 Å². The molecule has 0 saturated carbocycles. The Hall–Kier alpha value is -2.90. The second kappa shape index (κ2) is 7.78. The summed E-state index contributed by atoms with van der Waals surface area (Å²) in [5, 5.41) is 7.03. The number of nitrogens with zero attached hydrogens (tertiary/aromatic N) is 1. The van der Waals surface area contributed by atoms with Gasteiger partial charge in [0.2, 0.25) is 5.91 Å². The van der Waals surface area contributed by atoms with Crippen LogP contribution in [0.15, 0.2) is 30.3 Å². The van der Waals surface area contributed by atoms with Crippen LogP contribution < -0.4 is 16.0 Å². The Bertz CT molecular complexity index is 676. The van der Waals surface area contributed by atoms with Gasteiger partial charge < -0.3 is 10.6 Å². The lowest BCUT2D eigenvalue weighted by atomic mass is 9.85. The van der Waals surface area contributed by atoms with Crippen molar-refractivity contribution in [1.82, 2.24) is 20.9 Å². The van der Waals surface area contributed by atoms with Gasteiger partial charge >= 0.3 is 12.1 Å². The zero-order valence-corrected chi connectivity index (χ0v) is 14.3. The topological polar surface area (TPSA) is 108 Å². The molecule has 3 N–H and O–H groups in total. The van der Waals surface area contributed by atoms with Gasteiger partial charge in [-0.2, -0.15) is 0 Å². The van der Waals surface area contributed by atoms with Crippen LogP contribution >= 0.6 is 0 Å². The van der Waals surface area contributed by atoms with Gasteiger partial charge in [-0.05, 0) is 12.0 Å². The number of carbonyl (C=O) groups is 4. The Morgan fingerprint density at radius 2 is 1.88 bits per heavy atom. The van der Waals surface area contributed by atoms with Crippen LogP contribution in [0, 0.1) is 0 Å². The summed E-state index contributed by atoms with van der Waals surface area (Å²) in [6, 6.07) is 7.64. The lowest BCUT2D eigenvalue weighted by molar-refractivity contribution is -0.135. The largest absolute Gasteiger partial charge is 0.341 e. The van der Waals surface area contributed by atoms with Crippen molar-refractivity contribution in [3.63, 3.8) is 0 Å². The van der Waals surface area contributed by atoms with Crippen molar-refractivity contribution in [2.24, 2.45) is 0 Å². The van der Waals surface area contributed by atoms with E-state index in [1.54, 1.807) is 24.3 Å². The summed E-state index contributed by atoms with van der Waals surface area (Å²) in [6.45, 7) is 1.48. The van der Waals surface area contributed by atoms with E-state index in [0.717, 1.165) is 17.7 Å². The second-order valence-electron chi connectivity index (χ2n) is 5.82. The van der Waals surface area contributed by atoms with Crippen molar-refractivity contribution in [1.29, 1.82) is 0 Å². The van der Waals surface area contributed by atoms with E-state index in [-0.39, 0.29) is 0 Å². The fourth-order valence-corrected chi connectivity index (χ4v) is 2.82. The highest BCUT2D eigenvalue weighted by Gasteiger charge is 2.52. The minimum absolute atomic E-state index is 0.436. The van der Waals surface area contributed by atoms with Crippen molar-refractivity contribution in [2.75, 3.05) is 13.6 Å². The molecule has 1 aromatic carbocycles. The number of hydrogen-bond acceptors (Lipinski definition) is 4. The van der Waals surface area contributed by atoms with E-state index in [0.29, 0.717) is 12.0 Å². The smallest absolute Gasteiger partial charge is 0.325 e. The molecule has 6 amide bonds. The van der Waals surface area contributed by atoms with Gasteiger partial charge in [0, 0.05) is 7.05 Å². The first-order valence-electron chi connectivity index (χ1n) is 8.15. The lowest BCUT2D eigenvalue weighted by Crippen LogP contribution is -2.47. The fourth-order valence-electron chi connectivity index (χ4n) is 2.82. The Balaban J connectivity index is 2.26. The third-order valence-corrected chi connectivity index (χ3v) is 4.13. The molecule has 25 heavy (non-hydrogen) atoms. The van der Waals surface area contributed by atoms with Crippen LogP contribution in [0.25, 0.3) is 0 Å². The van der Waals surface area contributed by atoms with E-state index in [4.69, 9.17) is 0 Å². The number of amides is 6. The zero-order chi connectivity index (χ0) is 18.4. The molecule has 0 spiro atoms. The predicted molar refractivity (Wildman–Crippen MR) is 90.5 cm³/mol. The monoisotopic (exact) mass is 346 g/mol. The highest BCUT2D eigenvalue weighted by molar-refractivity contribution is 6.10. The quantitative estimate of drug-likeness (QED) is 0.670. The summed E-state index contributed by atoms with van der Waals surface area (Å²) >= 11 is 0. The molecule has 8 nitrogen and oxygen atoms in total. The van der Waals surface area contributed by atoms with Gasteiger partial charge in [0.15, 0.2) is 0 Å². The lowest BCUT2D eigenvalue weighted by Gasteiger charge is -2.27. The molecule has 8 heteroatoms. The minimum atomic E-state index is -1.18. The fraction of sp³-hybridized carbons (Fsp3) is 0.412. The van der Waals surface area contributed by atoms with E-state index in [1.807, 2.05) is 18.3 Å². The highest BCUT2D eigenvalue weighted by Crippen LogP contribution is 2.33. The van der Waals surface area contributed by atoms with E-state index in [2.05, 4.69) is 10.6 Å². The minimum Gasteiger partial charge on any atom is -0.341 e. The maximum atomic E-state index is 13.0. The van der Waals surface area contributed by atoms with Crippen molar-refractivity contribution in [2.45, 2.75) is 31.7 Å². The molecule has 1 fully saturated rings. The van der Waals surface area contributed by atoms with Gasteiger partial charge in [-0.25, -0.2) is 9.59 Å². The van der Waals surface area contributed by atoms with Crippen LogP contribution in [0.2, 0.25) is 0 Å². The number of nitrogens with one attached hydrogen (secondary N) is 3. The molecule has 1 aromatic rings. The predicted octanol–water partition coefficient (Wildman–Crippen LogP) is 1.08. The molecule has 1 saturated heterocycles. The summed E-state index contributed by atoms with van der Waals surface area (Å²) < 4.78 is 0. The van der Waals surface area contributed by atoms with Crippen LogP contribution in [0.1, 0.15) is 31.7 Å². The van der Waals surface area contributed by atoms with Crippen molar-refractivity contribution < 1.29 is 19.2 Å². The summed E-state index contributed by atoms with van der Waals surface area (Å²) in [4.78, 5) is 49.3. The third kappa shape index (κ3) is 3.78. The Morgan fingerprint density at radius 3 is 2.48 bits per heavy atom. The van der Waals surface area contributed by atoms with Gasteiger partial charge in [-0.3, -0.25) is 19.8 Å². The van der Waals surface area contributed by atoms with E-state index in [9.17, 15) is 19.2 Å². The molecule has 1 unspecified atom stereocenters. The van der Waals surface area contributed by atoms with E-state index < -0.39 is 36.0 Å². The Morgan fingerprint density at radius 1 is 1.20 bits per heavy atom. The average molecular weight is 346 g/mol. The van der Waals surface area contributed by atoms with Crippen LogP contribution in [0.5, 0.6) is 0 Å². The van der Waals surface area contributed by atoms with Crippen molar-refractivity contribution >= 4 is 23.9 Å². The molecule has 1 atom stereocenters. The van der Waals surface area contributed by atoms with Crippen molar-refractivity contribution in [3.8, 4) is 0 Å². The average Bonchev–Trinajstić information content (AvgIpc) is 2.85. The van der Waals surface area contributed by atoms with E-state index in [1.165, 1.54) is 7.05 Å². The number of imide groups is 2. The molecule has 134 valence electrons. The summed E-state index contributed by atoms with van der Waals surface area (Å²) in [5.74, 6) is -1.22. The number of benzene rings is 1. The summed E-state index contributed by atoms with van der Waals surface area (Å²) in [6.07, 6.45) is 2.03. The maximum absolute atomic E-state index is 13.0. The Kier molecular flexibility index (Phi) is 5.74. The van der Waals surface area contributed by atoms with Gasteiger partial charge in [-0.15, -0.1) is 0 Å². The van der Waals surface area contributed by atoms with Crippen LogP contribution in [-0.4, -0.2) is 42.4 Å². The third-order valence-electron chi connectivity index (χ3n) is 4.13. The van der Waals surface area contributed by atoms with Crippen LogP contribution in [0.4, 0.5) is 9.59 Å². The molecule has 1 aliphatic heterocycles. The second-order valence-corrected chi connectivity index (χ2v) is 5.82. The number of unbranched alkanes of at least 4 members (excludes halogenated alkanes) is 1. The SMILES string of the molecule is CCCCC1(c2ccccc2)NC(=O)N(CC(=O)NC(=O)NC)C1=O. The summed E-state index contributed by atoms with van der Waals surface area (Å²) in [5.41, 5.74) is -0.502. The van der Waals surface area contributed by atoms with Gasteiger partial charge in [-0.1, -0.05) is 50.1 Å². The molecule has 0 aromatic heterocycles. The first kappa shape index (κ1) is 18.4. The number of rotatable bonds is 6. The van der Waals surface area contributed by atoms with E-state index >= 15 is 0 Å². The normalized spacial score (nSPS) is 19.5. The van der Waals surface area contributed by atoms with Crippen molar-refractivity contribution in [3.05, 3.63) is 35.9 Å². The van der Waals surface area contributed by atoms with Crippen LogP contribution in [-0.2, 0) is 15.1 Å². The molecular formula is C17H22N4O4. The molecule has 2 rings (SSSR count). The zero-order valence-electron chi connectivity index (χ0n) is 14.3.